The number of piperidine rings is 1. The molecule has 0 amide bonds. The Morgan fingerprint density at radius 3 is 2.94 bits per heavy atom. The van der Waals surface area contributed by atoms with Crippen LogP contribution in [-0.4, -0.2) is 30.1 Å². The molecular weight excluding hydrogens is 212 g/mol. The fraction of sp³-hybridized carbons (Fsp3) is 0.643. The number of hydrogen-bond donors (Lipinski definition) is 0. The number of rotatable bonds is 3. The molecule has 1 atom stereocenters. The van der Waals surface area contributed by atoms with Crippen molar-refractivity contribution in [1.82, 2.24) is 9.88 Å². The maximum absolute atomic E-state index is 5.17. The Kier molecular flexibility index (Phi) is 4.00. The van der Waals surface area contributed by atoms with Crippen LogP contribution >= 0.6 is 0 Å². The third-order valence-corrected chi connectivity index (χ3v) is 3.71. The zero-order chi connectivity index (χ0) is 12.3. The molecule has 3 nitrogen and oxygen atoms in total. The summed E-state index contributed by atoms with van der Waals surface area (Å²) in [5, 5.41) is 0. The molecule has 1 saturated heterocycles. The largest absolute Gasteiger partial charge is 0.481 e. The van der Waals surface area contributed by atoms with E-state index in [1.54, 1.807) is 7.11 Å². The van der Waals surface area contributed by atoms with Crippen molar-refractivity contribution in [3.8, 4) is 5.88 Å². The van der Waals surface area contributed by atoms with Crippen LogP contribution < -0.4 is 4.74 Å². The van der Waals surface area contributed by atoms with E-state index in [1.165, 1.54) is 36.9 Å². The van der Waals surface area contributed by atoms with Gasteiger partial charge in [-0.2, -0.15) is 0 Å². The van der Waals surface area contributed by atoms with Gasteiger partial charge in [0.05, 0.1) is 7.11 Å². The van der Waals surface area contributed by atoms with Crippen molar-refractivity contribution in [2.75, 3.05) is 20.2 Å². The van der Waals surface area contributed by atoms with Crippen LogP contribution in [0.3, 0.4) is 0 Å². The maximum atomic E-state index is 5.17. The van der Waals surface area contributed by atoms with Crippen molar-refractivity contribution < 1.29 is 4.74 Å². The Labute approximate surface area is 104 Å². The molecule has 0 radical (unpaired) electrons. The number of ether oxygens (including phenoxy) is 1. The summed E-state index contributed by atoms with van der Waals surface area (Å²) in [5.41, 5.74) is 2.66. The Bertz CT molecular complexity index is 378. The standard InChI is InChI=1S/C14H22N2O/c1-4-16-8-6-5-7-13(16)12-10-15-14(17-3)9-11(12)2/h9-10,13H,4-8H2,1-3H3. The fourth-order valence-corrected chi connectivity index (χ4v) is 2.72. The van der Waals surface area contributed by atoms with Gasteiger partial charge in [-0.25, -0.2) is 4.98 Å². The molecule has 2 rings (SSSR count). The molecule has 1 aliphatic heterocycles. The summed E-state index contributed by atoms with van der Waals surface area (Å²) in [6.45, 7) is 6.73. The number of aromatic nitrogens is 1. The van der Waals surface area contributed by atoms with Gasteiger partial charge in [0.15, 0.2) is 0 Å². The van der Waals surface area contributed by atoms with Gasteiger partial charge in [0.25, 0.3) is 0 Å². The van der Waals surface area contributed by atoms with Crippen molar-refractivity contribution in [3.63, 3.8) is 0 Å². The van der Waals surface area contributed by atoms with Gasteiger partial charge in [0.1, 0.15) is 0 Å². The van der Waals surface area contributed by atoms with Crippen molar-refractivity contribution in [2.24, 2.45) is 0 Å². The number of likely N-dealkylation sites (tertiary alicyclic amines) is 1. The lowest BCUT2D eigenvalue weighted by molar-refractivity contribution is 0.156. The molecule has 2 heterocycles. The van der Waals surface area contributed by atoms with Gasteiger partial charge in [-0.3, -0.25) is 4.90 Å². The van der Waals surface area contributed by atoms with Gasteiger partial charge in [-0.1, -0.05) is 13.3 Å². The van der Waals surface area contributed by atoms with E-state index < -0.39 is 0 Å². The number of aryl methyl sites for hydroxylation is 1. The van der Waals surface area contributed by atoms with E-state index in [0.717, 1.165) is 6.54 Å². The Balaban J connectivity index is 2.25. The molecule has 1 aromatic rings. The predicted molar refractivity (Wildman–Crippen MR) is 69.4 cm³/mol. The predicted octanol–water partition coefficient (Wildman–Crippen LogP) is 2.95. The summed E-state index contributed by atoms with van der Waals surface area (Å²) in [6.07, 6.45) is 5.90. The lowest BCUT2D eigenvalue weighted by atomic mass is 9.94. The number of pyridine rings is 1. The normalized spacial score (nSPS) is 21.5. The summed E-state index contributed by atoms with van der Waals surface area (Å²) >= 11 is 0. The van der Waals surface area contributed by atoms with Crippen molar-refractivity contribution in [1.29, 1.82) is 0 Å². The minimum Gasteiger partial charge on any atom is -0.481 e. The first-order valence-corrected chi connectivity index (χ1v) is 6.50. The van der Waals surface area contributed by atoms with E-state index >= 15 is 0 Å². The van der Waals surface area contributed by atoms with Gasteiger partial charge >= 0.3 is 0 Å². The fourth-order valence-electron chi connectivity index (χ4n) is 2.72. The van der Waals surface area contributed by atoms with Crippen LogP contribution in [0.4, 0.5) is 0 Å². The molecule has 0 aliphatic carbocycles. The number of methoxy groups -OCH3 is 1. The third-order valence-electron chi connectivity index (χ3n) is 3.71. The van der Waals surface area contributed by atoms with Crippen LogP contribution in [0.5, 0.6) is 5.88 Å². The van der Waals surface area contributed by atoms with Crippen molar-refractivity contribution >= 4 is 0 Å². The van der Waals surface area contributed by atoms with Crippen molar-refractivity contribution in [2.45, 2.75) is 39.2 Å². The smallest absolute Gasteiger partial charge is 0.213 e. The average molecular weight is 234 g/mol. The van der Waals surface area contributed by atoms with Gasteiger partial charge in [-0.05, 0) is 44.0 Å². The molecule has 0 saturated carbocycles. The molecule has 1 aromatic heterocycles. The second-order valence-electron chi connectivity index (χ2n) is 4.72. The summed E-state index contributed by atoms with van der Waals surface area (Å²) in [4.78, 5) is 6.91. The molecule has 1 aliphatic rings. The lowest BCUT2D eigenvalue weighted by Gasteiger charge is -2.35. The van der Waals surface area contributed by atoms with Gasteiger partial charge in [0.2, 0.25) is 5.88 Å². The van der Waals surface area contributed by atoms with E-state index in [2.05, 4.69) is 23.7 Å². The lowest BCUT2D eigenvalue weighted by Crippen LogP contribution is -2.33. The third kappa shape index (κ3) is 2.60. The summed E-state index contributed by atoms with van der Waals surface area (Å²) in [5.74, 6) is 0.713. The van der Waals surface area contributed by atoms with Crippen molar-refractivity contribution in [3.05, 3.63) is 23.4 Å². The van der Waals surface area contributed by atoms with E-state index in [9.17, 15) is 0 Å². The highest BCUT2D eigenvalue weighted by molar-refractivity contribution is 5.31. The van der Waals surface area contributed by atoms with Crippen LogP contribution in [0.2, 0.25) is 0 Å². The van der Waals surface area contributed by atoms with E-state index in [-0.39, 0.29) is 0 Å². The highest BCUT2D eigenvalue weighted by Crippen LogP contribution is 2.32. The minimum absolute atomic E-state index is 0.548. The highest BCUT2D eigenvalue weighted by atomic mass is 16.5. The molecule has 0 aromatic carbocycles. The molecule has 17 heavy (non-hydrogen) atoms. The van der Waals surface area contributed by atoms with Gasteiger partial charge in [0, 0.05) is 18.3 Å². The maximum Gasteiger partial charge on any atom is 0.213 e. The molecule has 0 spiro atoms. The van der Waals surface area contributed by atoms with Gasteiger partial charge < -0.3 is 4.74 Å². The Hall–Kier alpha value is -1.09. The molecule has 1 fully saturated rings. The number of nitrogens with zero attached hydrogens (tertiary/aromatic N) is 2. The number of hydrogen-bond acceptors (Lipinski definition) is 3. The molecule has 94 valence electrons. The first-order chi connectivity index (χ1) is 8.26. The monoisotopic (exact) mass is 234 g/mol. The van der Waals surface area contributed by atoms with Gasteiger partial charge in [-0.15, -0.1) is 0 Å². The second-order valence-corrected chi connectivity index (χ2v) is 4.72. The van der Waals surface area contributed by atoms with E-state index in [0.29, 0.717) is 11.9 Å². The first kappa shape index (κ1) is 12.4. The summed E-state index contributed by atoms with van der Waals surface area (Å²) < 4.78 is 5.17. The van der Waals surface area contributed by atoms with Crippen LogP contribution in [-0.2, 0) is 0 Å². The SMILES string of the molecule is CCN1CCCCC1c1cnc(OC)cc1C. The molecule has 0 bridgehead atoms. The highest BCUT2D eigenvalue weighted by Gasteiger charge is 2.24. The second kappa shape index (κ2) is 5.50. The topological polar surface area (TPSA) is 25.4 Å². The molecule has 1 unspecified atom stereocenters. The van der Waals surface area contributed by atoms with E-state index in [4.69, 9.17) is 4.74 Å². The van der Waals surface area contributed by atoms with Crippen LogP contribution in [0, 0.1) is 6.92 Å². The minimum atomic E-state index is 0.548. The molecule has 0 N–H and O–H groups in total. The van der Waals surface area contributed by atoms with Crippen LogP contribution in [0.15, 0.2) is 12.3 Å². The first-order valence-electron chi connectivity index (χ1n) is 6.50. The van der Waals surface area contributed by atoms with Crippen LogP contribution in [0.25, 0.3) is 0 Å². The van der Waals surface area contributed by atoms with E-state index in [1.807, 2.05) is 12.3 Å². The molecule has 3 heteroatoms. The Morgan fingerprint density at radius 2 is 2.29 bits per heavy atom. The Morgan fingerprint density at radius 1 is 1.47 bits per heavy atom. The zero-order valence-electron chi connectivity index (χ0n) is 11.1. The zero-order valence-corrected chi connectivity index (χ0v) is 11.1. The molecular formula is C14H22N2O. The summed E-state index contributed by atoms with van der Waals surface area (Å²) in [6, 6.07) is 2.59. The summed E-state index contributed by atoms with van der Waals surface area (Å²) in [7, 11) is 1.67. The average Bonchev–Trinajstić information content (AvgIpc) is 2.38. The quantitative estimate of drug-likeness (QED) is 0.804. The van der Waals surface area contributed by atoms with Crippen LogP contribution in [0.1, 0.15) is 43.4 Å².